The molecule has 0 radical (unpaired) electrons. The lowest BCUT2D eigenvalue weighted by Crippen LogP contribution is -2.30. The highest BCUT2D eigenvalue weighted by atomic mass is 19.1. The van der Waals surface area contributed by atoms with Crippen LogP contribution >= 0.6 is 0 Å². The van der Waals surface area contributed by atoms with E-state index in [1.807, 2.05) is 6.07 Å². The Hall–Kier alpha value is -1.18. The van der Waals surface area contributed by atoms with Gasteiger partial charge in [-0.1, -0.05) is 57.6 Å². The van der Waals surface area contributed by atoms with Gasteiger partial charge in [0, 0.05) is 0 Å². The molecule has 1 aromatic carbocycles. The number of aryl methyl sites for hydroxylation is 1. The Labute approximate surface area is 188 Å². The van der Waals surface area contributed by atoms with Crippen molar-refractivity contribution < 1.29 is 8.78 Å². The van der Waals surface area contributed by atoms with E-state index in [1.54, 1.807) is 6.08 Å². The molecule has 1 aromatic rings. The molecule has 0 nitrogen and oxygen atoms in total. The van der Waals surface area contributed by atoms with Crippen molar-refractivity contribution in [1.29, 1.82) is 0 Å². The largest absolute Gasteiger partial charge is 0.216 e. The first kappa shape index (κ1) is 23.0. The van der Waals surface area contributed by atoms with Crippen LogP contribution < -0.4 is 0 Å². The molecule has 5 unspecified atom stereocenters. The maximum absolute atomic E-state index is 15.2. The van der Waals surface area contributed by atoms with E-state index in [1.165, 1.54) is 68.9 Å². The molecular formula is C29H42F2. The molecule has 3 aliphatic carbocycles. The summed E-state index contributed by atoms with van der Waals surface area (Å²) in [5.74, 6) is 3.03. The van der Waals surface area contributed by atoms with Gasteiger partial charge in [-0.3, -0.25) is 0 Å². The number of allylic oxidation sites excluding steroid dienone is 1. The molecule has 172 valence electrons. The fourth-order valence-electron chi connectivity index (χ4n) is 6.96. The molecule has 0 spiro atoms. The van der Waals surface area contributed by atoms with E-state index in [-0.39, 0.29) is 5.82 Å². The molecule has 2 saturated carbocycles. The molecule has 2 heteroatoms. The molecule has 0 aromatic heterocycles. The molecule has 4 rings (SSSR count). The molecule has 0 aliphatic heterocycles. The van der Waals surface area contributed by atoms with Gasteiger partial charge in [-0.15, -0.1) is 0 Å². The summed E-state index contributed by atoms with van der Waals surface area (Å²) in [4.78, 5) is 0. The summed E-state index contributed by atoms with van der Waals surface area (Å²) >= 11 is 0. The van der Waals surface area contributed by atoms with Gasteiger partial charge in [0.25, 0.3) is 0 Å². The molecular weight excluding hydrogens is 386 g/mol. The molecule has 3 aliphatic rings. The second-order valence-electron chi connectivity index (χ2n) is 10.9. The quantitative estimate of drug-likeness (QED) is 0.362. The van der Waals surface area contributed by atoms with E-state index >= 15 is 4.39 Å². The summed E-state index contributed by atoms with van der Waals surface area (Å²) in [6.07, 6.45) is 20.9. The van der Waals surface area contributed by atoms with Gasteiger partial charge in [-0.05, 0) is 110 Å². The molecule has 0 bridgehead atoms. The lowest BCUT2D eigenvalue weighted by Gasteiger charge is -2.42. The lowest BCUT2D eigenvalue weighted by atomic mass is 9.63. The van der Waals surface area contributed by atoms with Crippen LogP contribution in [-0.2, 0) is 12.8 Å². The highest BCUT2D eigenvalue weighted by Crippen LogP contribution is 2.48. The summed E-state index contributed by atoms with van der Waals surface area (Å²) in [5, 5.41) is 0. The SMILES string of the molecule is CCCCCCCC1CCc2cc(C3CCC4CC(/C=C/F)CCC4C3)c(F)cc2C1. The van der Waals surface area contributed by atoms with Gasteiger partial charge in [0.05, 0.1) is 6.33 Å². The first-order chi connectivity index (χ1) is 15.2. The van der Waals surface area contributed by atoms with Crippen molar-refractivity contribution >= 4 is 0 Å². The fraction of sp³-hybridized carbons (Fsp3) is 0.724. The third-order valence-electron chi connectivity index (χ3n) is 8.80. The minimum absolute atomic E-state index is 0.0554. The molecule has 31 heavy (non-hydrogen) atoms. The molecule has 0 amide bonds. The van der Waals surface area contributed by atoms with E-state index in [2.05, 4.69) is 13.0 Å². The maximum atomic E-state index is 15.2. The highest BCUT2D eigenvalue weighted by molar-refractivity contribution is 5.37. The van der Waals surface area contributed by atoms with Crippen LogP contribution in [0.4, 0.5) is 8.78 Å². The second-order valence-corrected chi connectivity index (χ2v) is 10.9. The summed E-state index contributed by atoms with van der Waals surface area (Å²) in [6, 6.07) is 4.16. The summed E-state index contributed by atoms with van der Waals surface area (Å²) in [6.45, 7) is 2.27. The minimum Gasteiger partial charge on any atom is -0.216 e. The summed E-state index contributed by atoms with van der Waals surface area (Å²) in [5.41, 5.74) is 3.72. The van der Waals surface area contributed by atoms with Crippen LogP contribution in [0.3, 0.4) is 0 Å². The van der Waals surface area contributed by atoms with Crippen molar-refractivity contribution in [2.45, 2.75) is 109 Å². The standard InChI is InChI=1S/C29H42F2/c1-2-3-4-5-6-7-21-8-11-25-19-28(29(31)20-27(25)17-21)26-13-12-23-16-22(14-15-30)9-10-24(23)18-26/h14-15,19-24,26H,2-13,16-18H2,1H3/b15-14+. The zero-order valence-corrected chi connectivity index (χ0v) is 19.6. The third kappa shape index (κ3) is 5.79. The van der Waals surface area contributed by atoms with Crippen LogP contribution in [0.15, 0.2) is 24.5 Å². The van der Waals surface area contributed by atoms with Gasteiger partial charge >= 0.3 is 0 Å². The van der Waals surface area contributed by atoms with Gasteiger partial charge in [-0.2, -0.15) is 0 Å². The Morgan fingerprint density at radius 3 is 2.55 bits per heavy atom. The Morgan fingerprint density at radius 2 is 1.71 bits per heavy atom. The first-order valence-electron chi connectivity index (χ1n) is 13.3. The van der Waals surface area contributed by atoms with Gasteiger partial charge in [-0.25, -0.2) is 8.78 Å². The van der Waals surface area contributed by atoms with E-state index in [4.69, 9.17) is 0 Å². The molecule has 0 heterocycles. The fourth-order valence-corrected chi connectivity index (χ4v) is 6.96. The average molecular weight is 429 g/mol. The average Bonchev–Trinajstić information content (AvgIpc) is 2.78. The number of benzene rings is 1. The zero-order chi connectivity index (χ0) is 21.6. The molecule has 2 fully saturated rings. The molecule has 5 atom stereocenters. The van der Waals surface area contributed by atoms with Gasteiger partial charge in [0.2, 0.25) is 0 Å². The number of rotatable bonds is 8. The van der Waals surface area contributed by atoms with E-state index < -0.39 is 0 Å². The Morgan fingerprint density at radius 1 is 0.903 bits per heavy atom. The lowest BCUT2D eigenvalue weighted by molar-refractivity contribution is 0.132. The molecule has 0 N–H and O–H groups in total. The predicted molar refractivity (Wildman–Crippen MR) is 126 cm³/mol. The number of fused-ring (bicyclic) bond motifs is 2. The van der Waals surface area contributed by atoms with E-state index in [9.17, 15) is 4.39 Å². The second kappa shape index (κ2) is 11.1. The van der Waals surface area contributed by atoms with Gasteiger partial charge in [0.1, 0.15) is 5.82 Å². The normalized spacial score (nSPS) is 30.9. The van der Waals surface area contributed by atoms with Crippen molar-refractivity contribution in [1.82, 2.24) is 0 Å². The summed E-state index contributed by atoms with van der Waals surface area (Å²) in [7, 11) is 0. The van der Waals surface area contributed by atoms with Gasteiger partial charge < -0.3 is 0 Å². The smallest absolute Gasteiger partial charge is 0.126 e. The zero-order valence-electron chi connectivity index (χ0n) is 19.6. The monoisotopic (exact) mass is 428 g/mol. The van der Waals surface area contributed by atoms with Crippen LogP contribution in [0.1, 0.15) is 113 Å². The maximum Gasteiger partial charge on any atom is 0.126 e. The Kier molecular flexibility index (Phi) is 8.24. The number of hydrogen-bond donors (Lipinski definition) is 0. The van der Waals surface area contributed by atoms with Crippen molar-refractivity contribution in [2.24, 2.45) is 23.7 Å². The topological polar surface area (TPSA) is 0 Å². The van der Waals surface area contributed by atoms with Gasteiger partial charge in [0.15, 0.2) is 0 Å². The van der Waals surface area contributed by atoms with Crippen molar-refractivity contribution in [3.8, 4) is 0 Å². The van der Waals surface area contributed by atoms with Crippen LogP contribution in [-0.4, -0.2) is 0 Å². The van der Waals surface area contributed by atoms with E-state index in [0.717, 1.165) is 56.3 Å². The van der Waals surface area contributed by atoms with E-state index in [0.29, 0.717) is 23.7 Å². The third-order valence-corrected chi connectivity index (χ3v) is 8.80. The van der Waals surface area contributed by atoms with Crippen LogP contribution in [0.5, 0.6) is 0 Å². The number of unbranched alkanes of at least 4 members (excludes halogenated alkanes) is 4. The van der Waals surface area contributed by atoms with Crippen LogP contribution in [0.2, 0.25) is 0 Å². The minimum atomic E-state index is 0.0554. The highest BCUT2D eigenvalue weighted by Gasteiger charge is 2.36. The van der Waals surface area contributed by atoms with Crippen LogP contribution in [0.25, 0.3) is 0 Å². The molecule has 0 saturated heterocycles. The first-order valence-corrected chi connectivity index (χ1v) is 13.3. The Balaban J connectivity index is 1.34. The predicted octanol–water partition coefficient (Wildman–Crippen LogP) is 9.07. The van der Waals surface area contributed by atoms with Crippen molar-refractivity contribution in [2.75, 3.05) is 0 Å². The summed E-state index contributed by atoms with van der Waals surface area (Å²) < 4.78 is 27.8. The Bertz CT molecular complexity index is 736. The number of hydrogen-bond acceptors (Lipinski definition) is 0. The van der Waals surface area contributed by atoms with Crippen LogP contribution in [0, 0.1) is 29.5 Å². The van der Waals surface area contributed by atoms with Crippen molar-refractivity contribution in [3.63, 3.8) is 0 Å². The number of halogens is 2. The van der Waals surface area contributed by atoms with Crippen molar-refractivity contribution in [3.05, 3.63) is 47.0 Å².